The predicted octanol–water partition coefficient (Wildman–Crippen LogP) is 2.33. The van der Waals surface area contributed by atoms with Crippen molar-refractivity contribution in [2.75, 3.05) is 5.32 Å². The minimum Gasteiger partial charge on any atom is -0.325 e. The number of anilines is 1. The summed E-state index contributed by atoms with van der Waals surface area (Å²) in [5, 5.41) is 10.4. The van der Waals surface area contributed by atoms with Gasteiger partial charge in [0, 0.05) is 24.6 Å². The van der Waals surface area contributed by atoms with Gasteiger partial charge in [0.05, 0.1) is 5.69 Å². The number of Topliss-reactive ketones (excluding diaryl/α,β-unsaturated/α-hetero) is 1. The van der Waals surface area contributed by atoms with Gasteiger partial charge >= 0.3 is 0 Å². The van der Waals surface area contributed by atoms with Crippen molar-refractivity contribution in [3.8, 4) is 0 Å². The molecule has 0 radical (unpaired) electrons. The van der Waals surface area contributed by atoms with Gasteiger partial charge in [-0.05, 0) is 12.1 Å². The van der Waals surface area contributed by atoms with Gasteiger partial charge in [-0.2, -0.15) is 0 Å². The van der Waals surface area contributed by atoms with E-state index in [1.807, 2.05) is 18.2 Å². The van der Waals surface area contributed by atoms with E-state index in [4.69, 9.17) is 0 Å². The normalized spacial score (nSPS) is 10.5. The number of nitrogens with zero attached hydrogens (tertiary/aromatic N) is 3. The Morgan fingerprint density at radius 3 is 2.68 bits per heavy atom. The molecule has 1 amide bonds. The van der Waals surface area contributed by atoms with Crippen molar-refractivity contribution in [2.45, 2.75) is 12.8 Å². The summed E-state index contributed by atoms with van der Waals surface area (Å²) in [6.07, 6.45) is 3.62. The monoisotopic (exact) mass is 294 g/mol. The summed E-state index contributed by atoms with van der Waals surface area (Å²) in [5.41, 5.74) is 1.97. The molecule has 0 saturated heterocycles. The SMILES string of the molecule is O=C(CCC(=O)c1ccccc1)Nc1ccc2nncn2c1. The van der Waals surface area contributed by atoms with Crippen LogP contribution in [-0.2, 0) is 4.79 Å². The number of carbonyl (C=O) groups excluding carboxylic acids is 2. The van der Waals surface area contributed by atoms with Gasteiger partial charge in [-0.3, -0.25) is 14.0 Å². The topological polar surface area (TPSA) is 76.4 Å². The van der Waals surface area contributed by atoms with Gasteiger partial charge in [0.15, 0.2) is 11.4 Å². The fourth-order valence-electron chi connectivity index (χ4n) is 2.12. The smallest absolute Gasteiger partial charge is 0.224 e. The molecule has 1 N–H and O–H groups in total. The summed E-state index contributed by atoms with van der Waals surface area (Å²) in [7, 11) is 0. The molecule has 1 aromatic carbocycles. The molecule has 3 rings (SSSR count). The summed E-state index contributed by atoms with van der Waals surface area (Å²) >= 11 is 0. The molecule has 0 atom stereocenters. The first kappa shape index (κ1) is 13.9. The summed E-state index contributed by atoms with van der Waals surface area (Å²) in [4.78, 5) is 23.9. The maximum absolute atomic E-state index is 11.9. The van der Waals surface area contributed by atoms with Crippen LogP contribution in [0.4, 0.5) is 5.69 Å². The molecule has 0 saturated carbocycles. The third-order valence-corrected chi connectivity index (χ3v) is 3.25. The van der Waals surface area contributed by atoms with E-state index >= 15 is 0 Å². The second kappa shape index (κ2) is 6.17. The number of aromatic nitrogens is 3. The number of fused-ring (bicyclic) bond motifs is 1. The molecule has 6 heteroatoms. The molecule has 0 aliphatic carbocycles. The summed E-state index contributed by atoms with van der Waals surface area (Å²) in [5.74, 6) is -0.235. The van der Waals surface area contributed by atoms with E-state index in [0.29, 0.717) is 16.9 Å². The van der Waals surface area contributed by atoms with Crippen LogP contribution < -0.4 is 5.32 Å². The molecular formula is C16H14N4O2. The van der Waals surface area contributed by atoms with Gasteiger partial charge in [-0.15, -0.1) is 10.2 Å². The van der Waals surface area contributed by atoms with Crippen LogP contribution in [0.25, 0.3) is 5.65 Å². The number of hydrogen-bond acceptors (Lipinski definition) is 4. The van der Waals surface area contributed by atoms with Crippen molar-refractivity contribution in [2.24, 2.45) is 0 Å². The highest BCUT2D eigenvalue weighted by atomic mass is 16.2. The van der Waals surface area contributed by atoms with Crippen molar-refractivity contribution in [3.05, 3.63) is 60.6 Å². The number of nitrogens with one attached hydrogen (secondary N) is 1. The van der Waals surface area contributed by atoms with Gasteiger partial charge in [0.1, 0.15) is 6.33 Å². The Labute approximate surface area is 126 Å². The first-order valence-electron chi connectivity index (χ1n) is 6.90. The molecule has 0 bridgehead atoms. The van der Waals surface area contributed by atoms with Crippen LogP contribution in [0.1, 0.15) is 23.2 Å². The number of amides is 1. The molecule has 0 fully saturated rings. The average molecular weight is 294 g/mol. The van der Waals surface area contributed by atoms with E-state index < -0.39 is 0 Å². The fraction of sp³-hybridized carbons (Fsp3) is 0.125. The summed E-state index contributed by atoms with van der Waals surface area (Å²) in [6, 6.07) is 12.5. The third kappa shape index (κ3) is 3.17. The van der Waals surface area contributed by atoms with Crippen LogP contribution in [0.5, 0.6) is 0 Å². The van der Waals surface area contributed by atoms with Gasteiger partial charge < -0.3 is 5.32 Å². The van der Waals surface area contributed by atoms with Crippen LogP contribution in [0.3, 0.4) is 0 Å². The van der Waals surface area contributed by atoms with Crippen molar-refractivity contribution in [1.82, 2.24) is 14.6 Å². The number of pyridine rings is 1. The van der Waals surface area contributed by atoms with Crippen molar-refractivity contribution in [3.63, 3.8) is 0 Å². The lowest BCUT2D eigenvalue weighted by molar-refractivity contribution is -0.116. The van der Waals surface area contributed by atoms with Crippen molar-refractivity contribution >= 4 is 23.0 Å². The molecule has 6 nitrogen and oxygen atoms in total. The minimum absolute atomic E-state index is 0.0370. The zero-order valence-corrected chi connectivity index (χ0v) is 11.8. The highest BCUT2D eigenvalue weighted by Gasteiger charge is 2.09. The Bertz CT molecular complexity index is 811. The number of ketones is 1. The number of benzene rings is 1. The lowest BCUT2D eigenvalue weighted by Gasteiger charge is -2.05. The zero-order valence-electron chi connectivity index (χ0n) is 11.8. The molecule has 0 spiro atoms. The van der Waals surface area contributed by atoms with E-state index in [-0.39, 0.29) is 24.5 Å². The van der Waals surface area contributed by atoms with Gasteiger partial charge in [-0.1, -0.05) is 30.3 Å². The van der Waals surface area contributed by atoms with Crippen LogP contribution >= 0.6 is 0 Å². The number of carbonyl (C=O) groups is 2. The molecule has 0 aliphatic heterocycles. The van der Waals surface area contributed by atoms with Gasteiger partial charge in [-0.25, -0.2) is 0 Å². The third-order valence-electron chi connectivity index (χ3n) is 3.25. The first-order chi connectivity index (χ1) is 10.7. The molecule has 110 valence electrons. The fourth-order valence-corrected chi connectivity index (χ4v) is 2.12. The van der Waals surface area contributed by atoms with E-state index in [1.54, 1.807) is 41.2 Å². The Morgan fingerprint density at radius 2 is 1.86 bits per heavy atom. The Hall–Kier alpha value is -3.02. The van der Waals surface area contributed by atoms with Crippen molar-refractivity contribution < 1.29 is 9.59 Å². The van der Waals surface area contributed by atoms with E-state index in [9.17, 15) is 9.59 Å². The van der Waals surface area contributed by atoms with E-state index in [0.717, 1.165) is 0 Å². The van der Waals surface area contributed by atoms with Gasteiger partial charge in [0.25, 0.3) is 0 Å². The molecule has 2 aromatic heterocycles. The molecule has 0 unspecified atom stereocenters. The van der Waals surface area contributed by atoms with Gasteiger partial charge in [0.2, 0.25) is 5.91 Å². The van der Waals surface area contributed by atoms with Crippen LogP contribution in [0.2, 0.25) is 0 Å². The molecule has 0 aliphatic rings. The zero-order chi connectivity index (χ0) is 15.4. The maximum atomic E-state index is 11.9. The quantitative estimate of drug-likeness (QED) is 0.733. The van der Waals surface area contributed by atoms with E-state index in [2.05, 4.69) is 15.5 Å². The van der Waals surface area contributed by atoms with Crippen molar-refractivity contribution in [1.29, 1.82) is 0 Å². The Morgan fingerprint density at radius 1 is 1.05 bits per heavy atom. The molecule has 3 aromatic rings. The maximum Gasteiger partial charge on any atom is 0.224 e. The first-order valence-corrected chi connectivity index (χ1v) is 6.90. The highest BCUT2D eigenvalue weighted by Crippen LogP contribution is 2.10. The van der Waals surface area contributed by atoms with Crippen LogP contribution in [0.15, 0.2) is 55.0 Å². The van der Waals surface area contributed by atoms with E-state index in [1.165, 1.54) is 0 Å². The molecular weight excluding hydrogens is 280 g/mol. The van der Waals surface area contributed by atoms with Crippen LogP contribution in [0, 0.1) is 0 Å². The Kier molecular flexibility index (Phi) is 3.91. The summed E-state index contributed by atoms with van der Waals surface area (Å²) < 4.78 is 1.71. The molecule has 2 heterocycles. The highest BCUT2D eigenvalue weighted by molar-refractivity contribution is 5.99. The standard InChI is InChI=1S/C16H14N4O2/c21-14(12-4-2-1-3-5-12)7-9-16(22)18-13-6-8-15-19-17-11-20(15)10-13/h1-6,8,10-11H,7,9H2,(H,18,22). The number of hydrogen-bond donors (Lipinski definition) is 1. The Balaban J connectivity index is 1.57. The predicted molar refractivity (Wildman–Crippen MR) is 81.6 cm³/mol. The number of rotatable bonds is 5. The molecule has 22 heavy (non-hydrogen) atoms. The second-order valence-corrected chi connectivity index (χ2v) is 4.85. The second-order valence-electron chi connectivity index (χ2n) is 4.85. The average Bonchev–Trinajstić information content (AvgIpc) is 3.01. The van der Waals surface area contributed by atoms with Crippen LogP contribution in [-0.4, -0.2) is 26.3 Å². The minimum atomic E-state index is -0.197. The lowest BCUT2D eigenvalue weighted by Crippen LogP contribution is -2.13. The lowest BCUT2D eigenvalue weighted by atomic mass is 10.1. The largest absolute Gasteiger partial charge is 0.325 e. The summed E-state index contributed by atoms with van der Waals surface area (Å²) in [6.45, 7) is 0.